The number of fused-ring (bicyclic) bond motifs is 2. The predicted octanol–water partition coefficient (Wildman–Crippen LogP) is 3.96. The molecule has 0 spiro atoms. The van der Waals surface area contributed by atoms with Crippen LogP contribution < -0.4 is 15.1 Å². The predicted molar refractivity (Wildman–Crippen MR) is 122 cm³/mol. The maximum absolute atomic E-state index is 9.09. The lowest BCUT2D eigenvalue weighted by Gasteiger charge is -2.56. The number of anilines is 2. The molecule has 5 nitrogen and oxygen atoms in total. The number of piperazine rings is 1. The van der Waals surface area contributed by atoms with E-state index in [0.29, 0.717) is 29.7 Å². The molecule has 3 heterocycles. The molecule has 0 amide bonds. The van der Waals surface area contributed by atoms with Crippen molar-refractivity contribution in [2.75, 3.05) is 22.9 Å². The van der Waals surface area contributed by atoms with E-state index in [-0.39, 0.29) is 0 Å². The van der Waals surface area contributed by atoms with Crippen LogP contribution >= 0.6 is 0 Å². The summed E-state index contributed by atoms with van der Waals surface area (Å²) in [6.07, 6.45) is 10.0. The Kier molecular flexibility index (Phi) is 5.18. The van der Waals surface area contributed by atoms with Crippen molar-refractivity contribution in [1.82, 2.24) is 10.3 Å². The van der Waals surface area contributed by atoms with Crippen LogP contribution in [0, 0.1) is 11.3 Å². The third-order valence-electron chi connectivity index (χ3n) is 7.08. The smallest absolute Gasteiger partial charge is 0.129 e. The van der Waals surface area contributed by atoms with Crippen LogP contribution in [0.25, 0.3) is 6.08 Å². The Hall–Kier alpha value is -2.84. The molecule has 1 aromatic carbocycles. The fourth-order valence-corrected chi connectivity index (χ4v) is 5.62. The van der Waals surface area contributed by atoms with Gasteiger partial charge in [-0.15, -0.1) is 0 Å². The van der Waals surface area contributed by atoms with E-state index in [1.807, 2.05) is 30.5 Å². The normalized spacial score (nSPS) is 28.2. The van der Waals surface area contributed by atoms with Gasteiger partial charge in [0.1, 0.15) is 5.82 Å². The van der Waals surface area contributed by atoms with Gasteiger partial charge in [0.25, 0.3) is 0 Å². The number of hydrogen-bond acceptors (Lipinski definition) is 5. The Balaban J connectivity index is 1.43. The molecule has 1 N–H and O–H groups in total. The molecule has 2 aromatic rings. The number of piperidine rings is 1. The van der Waals surface area contributed by atoms with Crippen LogP contribution in [-0.4, -0.2) is 42.2 Å². The molecule has 4 atom stereocenters. The van der Waals surface area contributed by atoms with E-state index in [1.165, 1.54) is 31.4 Å². The third-order valence-corrected chi connectivity index (χ3v) is 7.08. The van der Waals surface area contributed by atoms with Gasteiger partial charge in [0, 0.05) is 49.1 Å². The lowest BCUT2D eigenvalue weighted by Crippen LogP contribution is -2.72. The molecule has 154 valence electrons. The van der Waals surface area contributed by atoms with E-state index >= 15 is 0 Å². The number of rotatable bonds is 3. The minimum atomic E-state index is 0.405. The highest BCUT2D eigenvalue weighted by atomic mass is 15.3. The molecule has 3 fully saturated rings. The first-order valence-corrected chi connectivity index (χ1v) is 11.1. The molecule has 1 unspecified atom stereocenters. The van der Waals surface area contributed by atoms with E-state index in [9.17, 15) is 0 Å². The summed E-state index contributed by atoms with van der Waals surface area (Å²) in [5.41, 5.74) is 3.06. The topological polar surface area (TPSA) is 55.2 Å². The molecule has 5 rings (SSSR count). The summed E-state index contributed by atoms with van der Waals surface area (Å²) in [5, 5.41) is 13.1. The molecular formula is C25H29N5. The largest absolute Gasteiger partial charge is 0.370 e. The molecule has 30 heavy (non-hydrogen) atoms. The van der Waals surface area contributed by atoms with Gasteiger partial charge < -0.3 is 15.1 Å². The summed E-state index contributed by atoms with van der Waals surface area (Å²) >= 11 is 0. The molecule has 1 aromatic heterocycles. The van der Waals surface area contributed by atoms with Gasteiger partial charge in [-0.1, -0.05) is 25.5 Å². The molecule has 3 aliphatic rings. The summed E-state index contributed by atoms with van der Waals surface area (Å²) in [6.45, 7) is 5.95. The second-order valence-corrected chi connectivity index (χ2v) is 8.75. The highest BCUT2D eigenvalue weighted by Gasteiger charge is 2.45. The van der Waals surface area contributed by atoms with E-state index in [1.54, 1.807) is 0 Å². The van der Waals surface area contributed by atoms with Gasteiger partial charge in [0.05, 0.1) is 11.6 Å². The van der Waals surface area contributed by atoms with Crippen LogP contribution in [0.5, 0.6) is 0 Å². The number of hydrogen-bond donors (Lipinski definition) is 1. The number of nitrogens with zero attached hydrogens (tertiary/aromatic N) is 4. The van der Waals surface area contributed by atoms with Gasteiger partial charge in [-0.3, -0.25) is 0 Å². The first-order chi connectivity index (χ1) is 14.8. The van der Waals surface area contributed by atoms with E-state index < -0.39 is 0 Å². The van der Waals surface area contributed by atoms with Crippen molar-refractivity contribution in [2.45, 2.75) is 56.3 Å². The Morgan fingerprint density at radius 2 is 1.87 bits per heavy atom. The van der Waals surface area contributed by atoms with Crippen molar-refractivity contribution in [1.29, 1.82) is 5.26 Å². The zero-order chi connectivity index (χ0) is 20.5. The molecule has 1 saturated carbocycles. The van der Waals surface area contributed by atoms with Gasteiger partial charge in [-0.05, 0) is 61.2 Å². The Labute approximate surface area is 179 Å². The Bertz CT molecular complexity index is 947. The number of nitrogens with one attached hydrogen (secondary N) is 1. The van der Waals surface area contributed by atoms with Crippen molar-refractivity contribution in [3.05, 3.63) is 60.3 Å². The summed E-state index contributed by atoms with van der Waals surface area (Å²) in [5.74, 6) is 1.10. The first-order valence-electron chi connectivity index (χ1n) is 11.1. The second kappa shape index (κ2) is 8.12. The quantitative estimate of drug-likeness (QED) is 0.847. The Morgan fingerprint density at radius 3 is 2.67 bits per heavy atom. The highest BCUT2D eigenvalue weighted by molar-refractivity contribution is 5.56. The average Bonchev–Trinajstić information content (AvgIpc) is 2.82. The van der Waals surface area contributed by atoms with Crippen molar-refractivity contribution in [3.8, 4) is 6.07 Å². The monoisotopic (exact) mass is 399 g/mol. The lowest BCUT2D eigenvalue weighted by molar-refractivity contribution is 0.188. The standard InChI is InChI=1S/C25H29N5/c1-2-18-11-13-27-25(15-18)30-23-6-4-3-5-21(23)28-22-17-29(14-12-24(22)30)20-9-7-19(16-26)8-10-20/h2,7-11,13,15,21-24,28H,1,3-6,12,14,17H2/t21-,22-,23-,24?/m1/s1. The van der Waals surface area contributed by atoms with E-state index in [2.05, 4.69) is 46.0 Å². The minimum Gasteiger partial charge on any atom is -0.370 e. The summed E-state index contributed by atoms with van der Waals surface area (Å²) in [6, 6.07) is 16.4. The van der Waals surface area contributed by atoms with Crippen molar-refractivity contribution in [3.63, 3.8) is 0 Å². The SMILES string of the molecule is C=Cc1ccnc(N2C3CCN(c4ccc(C#N)cc4)C[C@H]3N[C@@H]3CCCC[C@H]32)c1. The van der Waals surface area contributed by atoms with E-state index in [4.69, 9.17) is 10.2 Å². The van der Waals surface area contributed by atoms with Crippen LogP contribution in [0.1, 0.15) is 43.2 Å². The molecule has 1 aliphatic carbocycles. The van der Waals surface area contributed by atoms with Crippen molar-refractivity contribution in [2.24, 2.45) is 0 Å². The molecule has 5 heteroatoms. The minimum absolute atomic E-state index is 0.405. The number of benzene rings is 1. The molecule has 0 bridgehead atoms. The summed E-state index contributed by atoms with van der Waals surface area (Å²) in [7, 11) is 0. The van der Waals surface area contributed by atoms with Crippen LogP contribution in [0.4, 0.5) is 11.5 Å². The Morgan fingerprint density at radius 1 is 1.07 bits per heavy atom. The molecule has 2 saturated heterocycles. The summed E-state index contributed by atoms with van der Waals surface area (Å²) in [4.78, 5) is 9.90. The van der Waals surface area contributed by atoms with Gasteiger partial charge in [0.15, 0.2) is 0 Å². The lowest BCUT2D eigenvalue weighted by atomic mass is 9.81. The van der Waals surface area contributed by atoms with Gasteiger partial charge in [-0.25, -0.2) is 4.98 Å². The maximum atomic E-state index is 9.09. The van der Waals surface area contributed by atoms with Crippen molar-refractivity contribution < 1.29 is 0 Å². The van der Waals surface area contributed by atoms with Crippen LogP contribution in [0.15, 0.2) is 49.2 Å². The molecule has 2 aliphatic heterocycles. The van der Waals surface area contributed by atoms with Gasteiger partial charge >= 0.3 is 0 Å². The van der Waals surface area contributed by atoms with Crippen LogP contribution in [0.2, 0.25) is 0 Å². The van der Waals surface area contributed by atoms with Crippen molar-refractivity contribution >= 4 is 17.6 Å². The maximum Gasteiger partial charge on any atom is 0.129 e. The zero-order valence-corrected chi connectivity index (χ0v) is 17.4. The molecular weight excluding hydrogens is 370 g/mol. The molecule has 0 radical (unpaired) electrons. The third kappa shape index (κ3) is 3.46. The fraction of sp³-hybridized carbons (Fsp3) is 0.440. The van der Waals surface area contributed by atoms with Crippen LogP contribution in [0.3, 0.4) is 0 Å². The van der Waals surface area contributed by atoms with Gasteiger partial charge in [-0.2, -0.15) is 5.26 Å². The highest BCUT2D eigenvalue weighted by Crippen LogP contribution is 2.37. The number of pyridine rings is 1. The fourth-order valence-electron chi connectivity index (χ4n) is 5.62. The number of aromatic nitrogens is 1. The average molecular weight is 400 g/mol. The van der Waals surface area contributed by atoms with Crippen LogP contribution in [-0.2, 0) is 0 Å². The van der Waals surface area contributed by atoms with Gasteiger partial charge in [0.2, 0.25) is 0 Å². The van der Waals surface area contributed by atoms with E-state index in [0.717, 1.165) is 30.9 Å². The first kappa shape index (κ1) is 19.1. The second-order valence-electron chi connectivity index (χ2n) is 8.75. The number of nitriles is 1. The summed E-state index contributed by atoms with van der Waals surface area (Å²) < 4.78 is 0. The zero-order valence-electron chi connectivity index (χ0n) is 17.4.